The van der Waals surface area contributed by atoms with E-state index in [1.54, 1.807) is 0 Å². The molecule has 0 saturated heterocycles. The molecule has 0 aliphatic heterocycles. The Labute approximate surface area is 124 Å². The fourth-order valence-corrected chi connectivity index (χ4v) is 3.30. The van der Waals surface area contributed by atoms with Crippen LogP contribution in [0.5, 0.6) is 0 Å². The quantitative estimate of drug-likeness (QED) is 0.878. The van der Waals surface area contributed by atoms with Gasteiger partial charge in [0, 0.05) is 11.3 Å². The summed E-state index contributed by atoms with van der Waals surface area (Å²) in [4.78, 5) is 27.3. The number of Topliss-reactive ketones (excluding diaryl/α,β-unsaturated/α-hetero) is 1. The third-order valence-electron chi connectivity index (χ3n) is 4.19. The van der Waals surface area contributed by atoms with Gasteiger partial charge in [-0.1, -0.05) is 37.6 Å². The maximum atomic E-state index is 12.4. The van der Waals surface area contributed by atoms with E-state index in [1.165, 1.54) is 12.5 Å². The molecule has 0 amide bonds. The average molecular weight is 281 g/mol. The maximum absolute atomic E-state index is 12.4. The summed E-state index contributed by atoms with van der Waals surface area (Å²) in [7, 11) is 0. The van der Waals surface area contributed by atoms with Crippen LogP contribution < -0.4 is 5.56 Å². The van der Waals surface area contributed by atoms with Gasteiger partial charge >= 0.3 is 0 Å². The summed E-state index contributed by atoms with van der Waals surface area (Å²) in [5, 5.41) is 0. The summed E-state index contributed by atoms with van der Waals surface area (Å²) in [6.45, 7) is 3.57. The number of aromatic nitrogens is 1. The molecule has 3 nitrogen and oxygen atoms in total. The molecule has 0 unspecified atom stereocenters. The lowest BCUT2D eigenvalue weighted by atomic mass is 9.81. The van der Waals surface area contributed by atoms with Crippen LogP contribution in [0.15, 0.2) is 29.1 Å². The second-order valence-electron chi connectivity index (χ2n) is 5.62. The number of pyridine rings is 1. The van der Waals surface area contributed by atoms with E-state index in [4.69, 9.17) is 0 Å². The van der Waals surface area contributed by atoms with Gasteiger partial charge in [0.25, 0.3) is 5.56 Å². The first-order chi connectivity index (χ1) is 10.1. The molecule has 21 heavy (non-hydrogen) atoms. The number of carbonyl (C=O) groups excluding carboxylic acids is 1. The number of hydrogen-bond donors (Lipinski definition) is 1. The Morgan fingerprint density at radius 1 is 1.24 bits per heavy atom. The minimum Gasteiger partial charge on any atom is -0.325 e. The van der Waals surface area contributed by atoms with Gasteiger partial charge in [-0.05, 0) is 42.9 Å². The first-order valence-electron chi connectivity index (χ1n) is 7.50. The molecule has 0 bridgehead atoms. The van der Waals surface area contributed by atoms with Gasteiger partial charge in [-0.2, -0.15) is 0 Å². The van der Waals surface area contributed by atoms with Crippen LogP contribution in [0.1, 0.15) is 47.4 Å². The third kappa shape index (κ3) is 2.23. The molecular formula is C18H19NO2. The van der Waals surface area contributed by atoms with E-state index in [0.717, 1.165) is 48.1 Å². The molecule has 1 aromatic heterocycles. The van der Waals surface area contributed by atoms with Gasteiger partial charge < -0.3 is 4.98 Å². The lowest BCUT2D eigenvalue weighted by Gasteiger charge is -2.24. The average Bonchev–Trinajstić information content (AvgIpc) is 2.47. The highest BCUT2D eigenvalue weighted by Gasteiger charge is 2.25. The van der Waals surface area contributed by atoms with Crippen LogP contribution in [-0.2, 0) is 19.3 Å². The number of benzene rings is 1. The fraction of sp³-hybridized carbons (Fsp3) is 0.333. The zero-order valence-electron chi connectivity index (χ0n) is 12.5. The molecule has 3 rings (SSSR count). The molecule has 0 spiro atoms. The Balaban J connectivity index is 2.38. The molecule has 0 fully saturated rings. The number of fused-ring (bicyclic) bond motifs is 3. The number of aromatic amines is 1. The fourth-order valence-electron chi connectivity index (χ4n) is 3.30. The number of aryl methyl sites for hydroxylation is 2. The van der Waals surface area contributed by atoms with Gasteiger partial charge in [0.2, 0.25) is 0 Å². The predicted octanol–water partition coefficient (Wildman–Crippen LogP) is 3.30. The summed E-state index contributed by atoms with van der Waals surface area (Å²) in [5.41, 5.74) is 5.36. The SMILES string of the molecule is CCCc1[nH]c(=O)c(C(C)=O)c2c1CCc1ccccc1-2. The van der Waals surface area contributed by atoms with Crippen molar-refractivity contribution in [1.29, 1.82) is 0 Å². The zero-order chi connectivity index (χ0) is 15.0. The van der Waals surface area contributed by atoms with Gasteiger partial charge in [-0.25, -0.2) is 0 Å². The number of nitrogens with one attached hydrogen (secondary N) is 1. The van der Waals surface area contributed by atoms with Crippen molar-refractivity contribution in [3.8, 4) is 11.1 Å². The minimum absolute atomic E-state index is 0.160. The first kappa shape index (κ1) is 13.8. The van der Waals surface area contributed by atoms with E-state index in [2.05, 4.69) is 18.0 Å². The molecular weight excluding hydrogens is 262 g/mol. The Hall–Kier alpha value is -2.16. The minimum atomic E-state index is -0.249. The molecule has 2 aromatic rings. The van der Waals surface area contributed by atoms with Crippen LogP contribution in [-0.4, -0.2) is 10.8 Å². The van der Waals surface area contributed by atoms with Crippen LogP contribution >= 0.6 is 0 Å². The molecule has 0 radical (unpaired) electrons. The number of hydrogen-bond acceptors (Lipinski definition) is 2. The normalized spacial score (nSPS) is 12.7. The second-order valence-corrected chi connectivity index (χ2v) is 5.62. The van der Waals surface area contributed by atoms with Crippen LogP contribution in [0.25, 0.3) is 11.1 Å². The largest absolute Gasteiger partial charge is 0.325 e. The van der Waals surface area contributed by atoms with Gasteiger partial charge in [-0.3, -0.25) is 9.59 Å². The van der Waals surface area contributed by atoms with Crippen molar-refractivity contribution in [2.24, 2.45) is 0 Å². The predicted molar refractivity (Wildman–Crippen MR) is 83.9 cm³/mol. The van der Waals surface area contributed by atoms with E-state index in [-0.39, 0.29) is 11.3 Å². The summed E-state index contributed by atoms with van der Waals surface area (Å²) >= 11 is 0. The van der Waals surface area contributed by atoms with E-state index in [9.17, 15) is 9.59 Å². The van der Waals surface area contributed by atoms with Gasteiger partial charge in [0.1, 0.15) is 0 Å². The van der Waals surface area contributed by atoms with Crippen molar-refractivity contribution >= 4 is 5.78 Å². The van der Waals surface area contributed by atoms with Crippen molar-refractivity contribution in [2.45, 2.75) is 39.5 Å². The van der Waals surface area contributed by atoms with Crippen molar-refractivity contribution in [1.82, 2.24) is 4.98 Å². The van der Waals surface area contributed by atoms with Crippen molar-refractivity contribution < 1.29 is 4.79 Å². The molecule has 3 heteroatoms. The molecule has 1 N–H and O–H groups in total. The molecule has 0 saturated carbocycles. The topological polar surface area (TPSA) is 49.9 Å². The highest BCUT2D eigenvalue weighted by Crippen LogP contribution is 2.36. The van der Waals surface area contributed by atoms with E-state index >= 15 is 0 Å². The van der Waals surface area contributed by atoms with Gasteiger partial charge in [0.15, 0.2) is 5.78 Å². The molecule has 108 valence electrons. The van der Waals surface area contributed by atoms with Crippen LogP contribution in [0.4, 0.5) is 0 Å². The molecule has 1 heterocycles. The number of carbonyl (C=O) groups is 1. The Bertz CT molecular complexity index is 771. The summed E-state index contributed by atoms with van der Waals surface area (Å²) in [6, 6.07) is 8.09. The molecule has 1 aliphatic carbocycles. The van der Waals surface area contributed by atoms with Gasteiger partial charge in [0.05, 0.1) is 5.56 Å². The van der Waals surface area contributed by atoms with Crippen LogP contribution in [0.3, 0.4) is 0 Å². The van der Waals surface area contributed by atoms with E-state index in [1.807, 2.05) is 18.2 Å². The number of H-pyrrole nitrogens is 1. The van der Waals surface area contributed by atoms with Crippen molar-refractivity contribution in [3.63, 3.8) is 0 Å². The lowest BCUT2D eigenvalue weighted by molar-refractivity contribution is 0.101. The monoisotopic (exact) mass is 281 g/mol. The van der Waals surface area contributed by atoms with E-state index < -0.39 is 0 Å². The van der Waals surface area contributed by atoms with E-state index in [0.29, 0.717) is 5.56 Å². The molecule has 1 aromatic carbocycles. The van der Waals surface area contributed by atoms with Crippen molar-refractivity contribution in [3.05, 3.63) is 57.0 Å². The molecule has 0 atom stereocenters. The Kier molecular flexibility index (Phi) is 3.50. The Morgan fingerprint density at radius 2 is 2.00 bits per heavy atom. The summed E-state index contributed by atoms with van der Waals surface area (Å²) in [6.07, 6.45) is 3.67. The summed E-state index contributed by atoms with van der Waals surface area (Å²) < 4.78 is 0. The molecule has 1 aliphatic rings. The Morgan fingerprint density at radius 3 is 2.71 bits per heavy atom. The highest BCUT2D eigenvalue weighted by atomic mass is 16.1. The lowest BCUT2D eigenvalue weighted by Crippen LogP contribution is -2.24. The number of rotatable bonds is 3. The highest BCUT2D eigenvalue weighted by molar-refractivity contribution is 6.02. The number of ketones is 1. The smallest absolute Gasteiger partial charge is 0.259 e. The zero-order valence-corrected chi connectivity index (χ0v) is 12.5. The third-order valence-corrected chi connectivity index (χ3v) is 4.19. The maximum Gasteiger partial charge on any atom is 0.259 e. The second kappa shape index (κ2) is 5.32. The first-order valence-corrected chi connectivity index (χ1v) is 7.50. The van der Waals surface area contributed by atoms with Gasteiger partial charge in [-0.15, -0.1) is 0 Å². The summed E-state index contributed by atoms with van der Waals surface area (Å²) in [5.74, 6) is -0.160. The van der Waals surface area contributed by atoms with Crippen molar-refractivity contribution in [2.75, 3.05) is 0 Å². The van der Waals surface area contributed by atoms with Crippen LogP contribution in [0, 0.1) is 0 Å². The standard InChI is InChI=1S/C18H19NO2/c1-3-6-15-14-10-9-12-7-4-5-8-13(12)17(14)16(11(2)20)18(21)19-15/h4-5,7-8H,3,6,9-10H2,1-2H3,(H,19,21). The van der Waals surface area contributed by atoms with Crippen LogP contribution in [0.2, 0.25) is 0 Å².